The van der Waals surface area contributed by atoms with Crippen LogP contribution in [0.15, 0.2) is 24.3 Å². The van der Waals surface area contributed by atoms with Crippen molar-refractivity contribution in [2.45, 2.75) is 32.8 Å². The summed E-state index contributed by atoms with van der Waals surface area (Å²) in [6.45, 7) is 4.96. The first-order chi connectivity index (χ1) is 10.6. The Hall–Kier alpha value is -2.64. The highest BCUT2D eigenvalue weighted by Crippen LogP contribution is 2.16. The molecule has 0 fully saturated rings. The molecule has 126 valence electrons. The largest absolute Gasteiger partial charge is 0.481 e. The molecule has 0 heterocycles. The van der Waals surface area contributed by atoms with Gasteiger partial charge >= 0.3 is 12.1 Å². The first kappa shape index (κ1) is 18.4. The highest BCUT2D eigenvalue weighted by molar-refractivity contribution is 5.73. The first-order valence-electron chi connectivity index (χ1n) is 7.01. The Kier molecular flexibility index (Phi) is 6.06. The molecule has 1 rings (SSSR count). The number of carbonyl (C=O) groups is 2. The van der Waals surface area contributed by atoms with Crippen LogP contribution in [0.3, 0.4) is 0 Å². The summed E-state index contributed by atoms with van der Waals surface area (Å²) < 4.78 is 5.04. The SMILES string of the molecule is CC(C)(C)OC(=O)NC[C@H](Cc1cccc([N+](=O)[O-])c1)C(=O)O. The van der Waals surface area contributed by atoms with Gasteiger partial charge in [-0.1, -0.05) is 12.1 Å². The van der Waals surface area contributed by atoms with Crippen LogP contribution in [0.4, 0.5) is 10.5 Å². The van der Waals surface area contributed by atoms with E-state index in [1.54, 1.807) is 26.8 Å². The lowest BCUT2D eigenvalue weighted by molar-refractivity contribution is -0.384. The molecule has 0 spiro atoms. The van der Waals surface area contributed by atoms with Crippen molar-refractivity contribution in [2.75, 3.05) is 6.54 Å². The number of non-ortho nitro benzene ring substituents is 1. The fraction of sp³-hybridized carbons (Fsp3) is 0.467. The second kappa shape index (κ2) is 7.57. The zero-order chi connectivity index (χ0) is 17.6. The molecule has 0 saturated heterocycles. The number of carboxylic acid groups (broad SMARTS) is 1. The highest BCUT2D eigenvalue weighted by atomic mass is 16.6. The summed E-state index contributed by atoms with van der Waals surface area (Å²) in [7, 11) is 0. The molecule has 0 aliphatic heterocycles. The molecule has 0 radical (unpaired) electrons. The van der Waals surface area contributed by atoms with Crippen molar-refractivity contribution in [1.82, 2.24) is 5.32 Å². The third-order valence-corrected chi connectivity index (χ3v) is 2.84. The van der Waals surface area contributed by atoms with Crippen LogP contribution in [-0.2, 0) is 16.0 Å². The normalized spacial score (nSPS) is 12.3. The van der Waals surface area contributed by atoms with E-state index in [-0.39, 0.29) is 18.7 Å². The maximum atomic E-state index is 11.6. The van der Waals surface area contributed by atoms with Crippen LogP contribution in [0.2, 0.25) is 0 Å². The molecule has 2 N–H and O–H groups in total. The van der Waals surface area contributed by atoms with Gasteiger partial charge in [0.2, 0.25) is 0 Å². The third-order valence-electron chi connectivity index (χ3n) is 2.84. The van der Waals surface area contributed by atoms with Crippen LogP contribution in [-0.4, -0.2) is 34.2 Å². The van der Waals surface area contributed by atoms with E-state index >= 15 is 0 Å². The standard InChI is InChI=1S/C15H20N2O6/c1-15(2,3)23-14(20)16-9-11(13(18)19)7-10-5-4-6-12(8-10)17(21)22/h4-6,8,11H,7,9H2,1-3H3,(H,16,20)(H,18,19)/t11-/m0/s1. The average Bonchev–Trinajstić information content (AvgIpc) is 2.41. The number of nitrogens with one attached hydrogen (secondary N) is 1. The van der Waals surface area contributed by atoms with Crippen LogP contribution < -0.4 is 5.32 Å². The van der Waals surface area contributed by atoms with Crippen LogP contribution in [0.25, 0.3) is 0 Å². The average molecular weight is 324 g/mol. The zero-order valence-electron chi connectivity index (χ0n) is 13.2. The highest BCUT2D eigenvalue weighted by Gasteiger charge is 2.22. The van der Waals surface area contributed by atoms with Crippen LogP contribution in [0.5, 0.6) is 0 Å². The third kappa shape index (κ3) is 6.77. The predicted octanol–water partition coefficient (Wildman–Crippen LogP) is 2.36. The molecule has 1 amide bonds. The van der Waals surface area contributed by atoms with E-state index in [1.165, 1.54) is 18.2 Å². The van der Waals surface area contributed by atoms with Crippen molar-refractivity contribution in [2.24, 2.45) is 5.92 Å². The number of alkyl carbamates (subject to hydrolysis) is 1. The van der Waals surface area contributed by atoms with Crippen LogP contribution in [0.1, 0.15) is 26.3 Å². The van der Waals surface area contributed by atoms with E-state index < -0.39 is 28.5 Å². The molecule has 8 heteroatoms. The number of hydrogen-bond acceptors (Lipinski definition) is 5. The van der Waals surface area contributed by atoms with Crippen molar-refractivity contribution in [3.63, 3.8) is 0 Å². The summed E-state index contributed by atoms with van der Waals surface area (Å²) in [5.74, 6) is -2.02. The van der Waals surface area contributed by atoms with E-state index in [2.05, 4.69) is 5.32 Å². The first-order valence-corrected chi connectivity index (χ1v) is 7.01. The number of hydrogen-bond donors (Lipinski definition) is 2. The number of nitrogens with zero attached hydrogens (tertiary/aromatic N) is 1. The Morgan fingerprint density at radius 3 is 2.57 bits per heavy atom. The second-order valence-electron chi connectivity index (χ2n) is 6.05. The smallest absolute Gasteiger partial charge is 0.407 e. The number of benzene rings is 1. The number of aliphatic carboxylic acids is 1. The van der Waals surface area contributed by atoms with E-state index in [1.807, 2.05) is 0 Å². The summed E-state index contributed by atoms with van der Waals surface area (Å²) in [6, 6.07) is 5.76. The summed E-state index contributed by atoms with van der Waals surface area (Å²) >= 11 is 0. The zero-order valence-corrected chi connectivity index (χ0v) is 13.2. The number of carbonyl (C=O) groups excluding carboxylic acids is 1. The molecule has 1 aromatic carbocycles. The lowest BCUT2D eigenvalue weighted by atomic mass is 9.99. The van der Waals surface area contributed by atoms with Crippen molar-refractivity contribution in [3.05, 3.63) is 39.9 Å². The maximum Gasteiger partial charge on any atom is 0.407 e. The molecule has 0 bridgehead atoms. The minimum absolute atomic E-state index is 0.0623. The lowest BCUT2D eigenvalue weighted by Crippen LogP contribution is -2.37. The van der Waals surface area contributed by atoms with Gasteiger partial charge in [0.25, 0.3) is 5.69 Å². The summed E-state index contributed by atoms with van der Waals surface area (Å²) in [4.78, 5) is 33.1. The molecule has 0 aliphatic rings. The number of carboxylic acids is 1. The molecule has 1 atom stereocenters. The van der Waals surface area contributed by atoms with Gasteiger partial charge in [-0.25, -0.2) is 4.79 Å². The fourth-order valence-electron chi connectivity index (χ4n) is 1.85. The van der Waals surface area contributed by atoms with Gasteiger partial charge in [0.15, 0.2) is 0 Å². The summed E-state index contributed by atoms with van der Waals surface area (Å²) in [6.07, 6.45) is -0.643. The van der Waals surface area contributed by atoms with Crippen molar-refractivity contribution >= 4 is 17.7 Å². The van der Waals surface area contributed by atoms with E-state index in [0.29, 0.717) is 5.56 Å². The van der Waals surface area contributed by atoms with Gasteiger partial charge in [-0.05, 0) is 32.8 Å². The van der Waals surface area contributed by atoms with Gasteiger partial charge in [-0.3, -0.25) is 14.9 Å². The maximum absolute atomic E-state index is 11.6. The number of ether oxygens (including phenoxy) is 1. The number of nitro groups is 1. The Morgan fingerprint density at radius 2 is 2.04 bits per heavy atom. The quantitative estimate of drug-likeness (QED) is 0.612. The molecule has 23 heavy (non-hydrogen) atoms. The molecule has 0 saturated carbocycles. The topological polar surface area (TPSA) is 119 Å². The number of amides is 1. The Bertz CT molecular complexity index is 594. The van der Waals surface area contributed by atoms with E-state index in [4.69, 9.17) is 4.74 Å². The predicted molar refractivity (Wildman–Crippen MR) is 82.2 cm³/mol. The monoisotopic (exact) mass is 324 g/mol. The van der Waals surface area contributed by atoms with E-state index in [9.17, 15) is 24.8 Å². The molecular weight excluding hydrogens is 304 g/mol. The Balaban J connectivity index is 2.69. The Morgan fingerprint density at radius 1 is 1.39 bits per heavy atom. The molecular formula is C15H20N2O6. The minimum Gasteiger partial charge on any atom is -0.481 e. The van der Waals surface area contributed by atoms with Crippen molar-refractivity contribution < 1.29 is 24.4 Å². The second-order valence-corrected chi connectivity index (χ2v) is 6.05. The van der Waals surface area contributed by atoms with Crippen LogP contribution >= 0.6 is 0 Å². The van der Waals surface area contributed by atoms with Gasteiger partial charge < -0.3 is 15.2 Å². The molecule has 8 nitrogen and oxygen atoms in total. The summed E-state index contributed by atoms with van der Waals surface area (Å²) in [5, 5.41) is 22.4. The van der Waals surface area contributed by atoms with Gasteiger partial charge in [-0.15, -0.1) is 0 Å². The molecule has 0 aromatic heterocycles. The van der Waals surface area contributed by atoms with Gasteiger partial charge in [0.1, 0.15) is 5.60 Å². The van der Waals surface area contributed by atoms with E-state index in [0.717, 1.165) is 0 Å². The van der Waals surface area contributed by atoms with Gasteiger partial charge in [0, 0.05) is 18.7 Å². The fourth-order valence-corrected chi connectivity index (χ4v) is 1.85. The number of rotatable bonds is 6. The number of nitro benzene ring substituents is 1. The van der Waals surface area contributed by atoms with Crippen LogP contribution in [0, 0.1) is 16.0 Å². The minimum atomic E-state index is -1.10. The Labute approximate surface area is 133 Å². The van der Waals surface area contributed by atoms with Gasteiger partial charge in [0.05, 0.1) is 10.8 Å². The molecule has 0 unspecified atom stereocenters. The lowest BCUT2D eigenvalue weighted by Gasteiger charge is -2.20. The van der Waals surface area contributed by atoms with Crippen molar-refractivity contribution in [1.29, 1.82) is 0 Å². The van der Waals surface area contributed by atoms with Gasteiger partial charge in [-0.2, -0.15) is 0 Å². The molecule has 0 aliphatic carbocycles. The van der Waals surface area contributed by atoms with Crippen molar-refractivity contribution in [3.8, 4) is 0 Å². The molecule has 1 aromatic rings. The summed E-state index contributed by atoms with van der Waals surface area (Å²) in [5.41, 5.74) is -0.271.